The maximum Gasteiger partial charge on any atom is 0.420 e. The Labute approximate surface area is 131 Å². The van der Waals surface area contributed by atoms with Gasteiger partial charge in [0, 0.05) is 0 Å². The molecule has 0 aliphatic carbocycles. The molecule has 1 aromatic carbocycles. The Morgan fingerprint density at radius 2 is 1.87 bits per heavy atom. The zero-order valence-electron chi connectivity index (χ0n) is 13.3. The van der Waals surface area contributed by atoms with Crippen molar-refractivity contribution < 1.29 is 31.8 Å². The molecule has 0 aromatic heterocycles. The summed E-state index contributed by atoms with van der Waals surface area (Å²) in [4.78, 5) is 11.5. The van der Waals surface area contributed by atoms with E-state index in [1.807, 2.05) is 0 Å². The van der Waals surface area contributed by atoms with Crippen molar-refractivity contribution in [1.29, 1.82) is 0 Å². The average Bonchev–Trinajstić information content (AvgIpc) is 2.33. The third-order valence-corrected chi connectivity index (χ3v) is 2.50. The van der Waals surface area contributed by atoms with Gasteiger partial charge in [-0.2, -0.15) is 13.2 Å². The second kappa shape index (κ2) is 7.06. The third kappa shape index (κ3) is 6.75. The molecule has 130 valence electrons. The van der Waals surface area contributed by atoms with Gasteiger partial charge in [-0.15, -0.1) is 0 Å². The third-order valence-electron chi connectivity index (χ3n) is 2.50. The lowest BCUT2D eigenvalue weighted by atomic mass is 10.2. The van der Waals surface area contributed by atoms with Gasteiger partial charge in [0.05, 0.1) is 6.04 Å². The normalized spacial score (nSPS) is 13.4. The van der Waals surface area contributed by atoms with Gasteiger partial charge in [0.15, 0.2) is 0 Å². The molecule has 0 radical (unpaired) electrons. The molecule has 23 heavy (non-hydrogen) atoms. The first-order chi connectivity index (χ1) is 10.4. The Bertz CT molecular complexity index is 553. The molecule has 4 nitrogen and oxygen atoms in total. The van der Waals surface area contributed by atoms with Crippen LogP contribution in [-0.4, -0.2) is 24.3 Å². The van der Waals surface area contributed by atoms with Crippen LogP contribution >= 0.6 is 0 Å². The first kappa shape index (κ1) is 19.1. The van der Waals surface area contributed by atoms with E-state index in [0.29, 0.717) is 6.07 Å². The Hall–Kier alpha value is -1.99. The topological polar surface area (TPSA) is 47.6 Å². The van der Waals surface area contributed by atoms with Crippen molar-refractivity contribution in [2.24, 2.45) is 0 Å². The van der Waals surface area contributed by atoms with Crippen LogP contribution in [0.15, 0.2) is 18.2 Å². The lowest BCUT2D eigenvalue weighted by Crippen LogP contribution is -2.40. The van der Waals surface area contributed by atoms with E-state index in [0.717, 1.165) is 12.1 Å². The molecule has 1 amide bonds. The highest BCUT2D eigenvalue weighted by molar-refractivity contribution is 5.68. The van der Waals surface area contributed by atoms with E-state index in [1.165, 1.54) is 0 Å². The van der Waals surface area contributed by atoms with E-state index in [9.17, 15) is 22.4 Å². The smallest absolute Gasteiger partial charge is 0.420 e. The quantitative estimate of drug-likeness (QED) is 0.840. The van der Waals surface area contributed by atoms with Crippen LogP contribution in [0.4, 0.5) is 22.4 Å². The summed E-state index contributed by atoms with van der Waals surface area (Å²) in [5.41, 5.74) is -1.90. The highest BCUT2D eigenvalue weighted by Crippen LogP contribution is 2.36. The van der Waals surface area contributed by atoms with E-state index < -0.39 is 41.0 Å². The van der Waals surface area contributed by atoms with Gasteiger partial charge < -0.3 is 14.8 Å². The van der Waals surface area contributed by atoms with Gasteiger partial charge in [-0.3, -0.25) is 0 Å². The molecule has 8 heteroatoms. The minimum absolute atomic E-state index is 0.228. The fourth-order valence-corrected chi connectivity index (χ4v) is 1.61. The minimum Gasteiger partial charge on any atom is -0.491 e. The summed E-state index contributed by atoms with van der Waals surface area (Å²) < 4.78 is 61.5. The zero-order valence-corrected chi connectivity index (χ0v) is 13.3. The molecule has 0 aliphatic heterocycles. The molecule has 0 saturated carbocycles. The summed E-state index contributed by atoms with van der Waals surface area (Å²) in [5.74, 6) is -1.51. The van der Waals surface area contributed by atoms with Crippen molar-refractivity contribution in [1.82, 2.24) is 5.32 Å². The lowest BCUT2D eigenvalue weighted by Gasteiger charge is -2.22. The zero-order chi connectivity index (χ0) is 17.8. The van der Waals surface area contributed by atoms with E-state index in [-0.39, 0.29) is 6.61 Å². The number of amides is 1. The first-order valence-electron chi connectivity index (χ1n) is 6.87. The second-order valence-corrected chi connectivity index (χ2v) is 6.00. The molecule has 1 N–H and O–H groups in total. The van der Waals surface area contributed by atoms with Crippen LogP contribution in [0.5, 0.6) is 5.75 Å². The monoisotopic (exact) mass is 337 g/mol. The molecular weight excluding hydrogens is 318 g/mol. The molecule has 0 fully saturated rings. The van der Waals surface area contributed by atoms with Gasteiger partial charge >= 0.3 is 12.3 Å². The van der Waals surface area contributed by atoms with Crippen LogP contribution in [0.25, 0.3) is 0 Å². The standard InChI is InChI=1S/C15H19F4NO3/c1-9(20-13(21)23-14(2,3)4)8-22-12-6-5-10(16)7-11(12)15(17,18)19/h5-7,9H,8H2,1-4H3,(H,20,21). The number of hydrogen-bond donors (Lipinski definition) is 1. The van der Waals surface area contributed by atoms with Gasteiger partial charge in [-0.1, -0.05) is 0 Å². The largest absolute Gasteiger partial charge is 0.491 e. The van der Waals surface area contributed by atoms with Crippen LogP contribution in [0.1, 0.15) is 33.3 Å². The van der Waals surface area contributed by atoms with Crippen LogP contribution in [-0.2, 0) is 10.9 Å². The van der Waals surface area contributed by atoms with Gasteiger partial charge in [0.25, 0.3) is 0 Å². The minimum atomic E-state index is -4.74. The summed E-state index contributed by atoms with van der Waals surface area (Å²) in [6.07, 6.45) is -5.44. The summed E-state index contributed by atoms with van der Waals surface area (Å²) in [6, 6.07) is 1.53. The van der Waals surface area contributed by atoms with Crippen LogP contribution in [0.2, 0.25) is 0 Å². The van der Waals surface area contributed by atoms with Crippen molar-refractivity contribution in [2.45, 2.75) is 45.5 Å². The molecule has 1 aromatic rings. The fraction of sp³-hybridized carbons (Fsp3) is 0.533. The Kier molecular flexibility index (Phi) is 5.85. The highest BCUT2D eigenvalue weighted by Gasteiger charge is 2.35. The van der Waals surface area contributed by atoms with E-state index >= 15 is 0 Å². The molecule has 1 atom stereocenters. The molecule has 0 aliphatic rings. The van der Waals surface area contributed by atoms with Gasteiger partial charge in [-0.05, 0) is 45.9 Å². The van der Waals surface area contributed by atoms with Crippen molar-refractivity contribution in [3.05, 3.63) is 29.6 Å². The number of carbonyl (C=O) groups excluding carboxylic acids is 1. The van der Waals surface area contributed by atoms with Gasteiger partial charge in [-0.25, -0.2) is 9.18 Å². The lowest BCUT2D eigenvalue weighted by molar-refractivity contribution is -0.139. The molecule has 0 saturated heterocycles. The average molecular weight is 337 g/mol. The maximum absolute atomic E-state index is 13.0. The number of benzene rings is 1. The number of carbonyl (C=O) groups is 1. The summed E-state index contributed by atoms with van der Waals surface area (Å²) >= 11 is 0. The van der Waals surface area contributed by atoms with Crippen molar-refractivity contribution in [3.63, 3.8) is 0 Å². The number of hydrogen-bond acceptors (Lipinski definition) is 3. The molecule has 0 bridgehead atoms. The predicted molar refractivity (Wildman–Crippen MR) is 75.7 cm³/mol. The molecule has 0 heterocycles. The highest BCUT2D eigenvalue weighted by atomic mass is 19.4. The molecular formula is C15H19F4NO3. The number of alkyl carbamates (subject to hydrolysis) is 1. The SMILES string of the molecule is CC(COc1ccc(F)cc1C(F)(F)F)NC(=O)OC(C)(C)C. The van der Waals surface area contributed by atoms with Crippen molar-refractivity contribution in [3.8, 4) is 5.75 Å². The molecule has 1 rings (SSSR count). The van der Waals surface area contributed by atoms with Crippen molar-refractivity contribution >= 4 is 6.09 Å². The van der Waals surface area contributed by atoms with E-state index in [2.05, 4.69) is 5.32 Å². The molecule has 1 unspecified atom stereocenters. The molecule has 0 spiro atoms. The number of rotatable bonds is 4. The van der Waals surface area contributed by atoms with Crippen molar-refractivity contribution in [2.75, 3.05) is 6.61 Å². The van der Waals surface area contributed by atoms with E-state index in [4.69, 9.17) is 9.47 Å². The number of ether oxygens (including phenoxy) is 2. The Balaban J connectivity index is 2.67. The summed E-state index contributed by atoms with van der Waals surface area (Å²) in [5, 5.41) is 2.43. The number of nitrogens with one attached hydrogen (secondary N) is 1. The second-order valence-electron chi connectivity index (χ2n) is 6.00. The van der Waals surface area contributed by atoms with Gasteiger partial charge in [0.1, 0.15) is 29.3 Å². The number of halogens is 4. The maximum atomic E-state index is 13.0. The Morgan fingerprint density at radius 1 is 1.26 bits per heavy atom. The van der Waals surface area contributed by atoms with Crippen LogP contribution in [0.3, 0.4) is 0 Å². The summed E-state index contributed by atoms with van der Waals surface area (Å²) in [7, 11) is 0. The van der Waals surface area contributed by atoms with Crippen LogP contribution < -0.4 is 10.1 Å². The van der Waals surface area contributed by atoms with Gasteiger partial charge in [0.2, 0.25) is 0 Å². The predicted octanol–water partition coefficient (Wildman–Crippen LogP) is 4.14. The fourth-order valence-electron chi connectivity index (χ4n) is 1.61. The van der Waals surface area contributed by atoms with Crippen LogP contribution in [0, 0.1) is 5.82 Å². The van der Waals surface area contributed by atoms with E-state index in [1.54, 1.807) is 27.7 Å². The summed E-state index contributed by atoms with van der Waals surface area (Å²) in [6.45, 7) is 6.36. The first-order valence-corrected chi connectivity index (χ1v) is 6.87. The Morgan fingerprint density at radius 3 is 2.39 bits per heavy atom. The number of alkyl halides is 3.